The second-order valence-corrected chi connectivity index (χ2v) is 8.67. The highest BCUT2D eigenvalue weighted by molar-refractivity contribution is 7.10. The van der Waals surface area contributed by atoms with Crippen molar-refractivity contribution in [3.8, 4) is 11.5 Å². The van der Waals surface area contributed by atoms with Crippen LogP contribution in [0.5, 0.6) is 11.5 Å². The number of hydrogen-bond acceptors (Lipinski definition) is 5. The number of thiophene rings is 1. The van der Waals surface area contributed by atoms with Crippen molar-refractivity contribution in [3.05, 3.63) is 75.5 Å². The highest BCUT2D eigenvalue weighted by Gasteiger charge is 2.44. The molecule has 0 saturated heterocycles. The third-order valence-electron chi connectivity index (χ3n) is 5.92. The molecular weight excluding hydrogens is 424 g/mol. The van der Waals surface area contributed by atoms with Gasteiger partial charge in [-0.05, 0) is 53.3 Å². The summed E-state index contributed by atoms with van der Waals surface area (Å²) in [6, 6.07) is 14.7. The number of methoxy groups -OCH3 is 2. The summed E-state index contributed by atoms with van der Waals surface area (Å²) in [6.45, 7) is 2.09. The Balaban J connectivity index is 1.82. The predicted molar refractivity (Wildman–Crippen MR) is 126 cm³/mol. The second-order valence-electron chi connectivity index (χ2n) is 7.69. The molecular formula is C25H26N2O4S. The minimum atomic E-state index is -0.614. The van der Waals surface area contributed by atoms with Crippen molar-refractivity contribution in [2.24, 2.45) is 0 Å². The number of anilines is 1. The van der Waals surface area contributed by atoms with Gasteiger partial charge in [0.25, 0.3) is 5.91 Å². The van der Waals surface area contributed by atoms with Gasteiger partial charge in [-0.2, -0.15) is 0 Å². The van der Waals surface area contributed by atoms with Gasteiger partial charge >= 0.3 is 0 Å². The number of ether oxygens (including phenoxy) is 2. The standard InChI is InChI=1S/C25H26N2O4S/c1-5-15-8-10-16(11-9-15)26-24(28)22-17-13-19(30-3)20(31-4)14-18(17)25(29)27(2)23(22)21-7-6-12-32-21/h6-14,22-23H,5H2,1-4H3,(H,26,28)/t22-,23-/m0/s1. The zero-order chi connectivity index (χ0) is 22.8. The summed E-state index contributed by atoms with van der Waals surface area (Å²) in [7, 11) is 4.81. The van der Waals surface area contributed by atoms with Crippen molar-refractivity contribution in [3.63, 3.8) is 0 Å². The average Bonchev–Trinajstić information content (AvgIpc) is 3.35. The quantitative estimate of drug-likeness (QED) is 0.581. The summed E-state index contributed by atoms with van der Waals surface area (Å²) in [4.78, 5) is 29.6. The molecule has 2 heterocycles. The van der Waals surface area contributed by atoms with Crippen LogP contribution in [0.15, 0.2) is 53.9 Å². The molecule has 0 saturated carbocycles. The van der Waals surface area contributed by atoms with Gasteiger partial charge in [0, 0.05) is 23.2 Å². The number of carbonyl (C=O) groups excluding carboxylic acids is 2. The molecule has 0 radical (unpaired) electrons. The molecule has 0 bridgehead atoms. The molecule has 32 heavy (non-hydrogen) atoms. The highest BCUT2D eigenvalue weighted by Crippen LogP contribution is 2.46. The first-order chi connectivity index (χ1) is 15.5. The third kappa shape index (κ3) is 3.84. The monoisotopic (exact) mass is 450 g/mol. The number of benzene rings is 2. The molecule has 1 aliphatic rings. The number of nitrogens with one attached hydrogen (secondary N) is 1. The van der Waals surface area contributed by atoms with Gasteiger partial charge in [0.1, 0.15) is 0 Å². The van der Waals surface area contributed by atoms with E-state index in [0.717, 1.165) is 17.0 Å². The van der Waals surface area contributed by atoms with Crippen LogP contribution >= 0.6 is 11.3 Å². The van der Waals surface area contributed by atoms with E-state index >= 15 is 0 Å². The van der Waals surface area contributed by atoms with Crippen LogP contribution in [0.25, 0.3) is 0 Å². The Bertz CT molecular complexity index is 1130. The van der Waals surface area contributed by atoms with E-state index in [9.17, 15) is 9.59 Å². The lowest BCUT2D eigenvalue weighted by Gasteiger charge is -2.39. The van der Waals surface area contributed by atoms with Crippen LogP contribution in [0.3, 0.4) is 0 Å². The van der Waals surface area contributed by atoms with Gasteiger partial charge < -0.3 is 19.7 Å². The summed E-state index contributed by atoms with van der Waals surface area (Å²) in [5.74, 6) is -0.0105. The molecule has 2 amide bonds. The Hall–Kier alpha value is -3.32. The Morgan fingerprint density at radius 2 is 1.78 bits per heavy atom. The van der Waals surface area contributed by atoms with Crippen LogP contribution in [0, 0.1) is 0 Å². The lowest BCUT2D eigenvalue weighted by atomic mass is 9.81. The van der Waals surface area contributed by atoms with Gasteiger partial charge in [-0.1, -0.05) is 25.1 Å². The summed E-state index contributed by atoms with van der Waals surface area (Å²) in [6.07, 6.45) is 0.930. The van der Waals surface area contributed by atoms with E-state index in [4.69, 9.17) is 9.47 Å². The zero-order valence-electron chi connectivity index (χ0n) is 18.5. The Labute approximate surface area is 191 Å². The van der Waals surface area contributed by atoms with Crippen molar-refractivity contribution in [1.82, 2.24) is 4.90 Å². The normalized spacial score (nSPS) is 17.6. The fourth-order valence-electron chi connectivity index (χ4n) is 4.19. The van der Waals surface area contributed by atoms with Gasteiger partial charge in [-0.25, -0.2) is 0 Å². The van der Waals surface area contributed by atoms with Crippen LogP contribution in [0.1, 0.15) is 45.2 Å². The minimum Gasteiger partial charge on any atom is -0.493 e. The molecule has 3 aromatic rings. The number of rotatable bonds is 6. The number of amides is 2. The summed E-state index contributed by atoms with van der Waals surface area (Å²) < 4.78 is 10.9. The maximum Gasteiger partial charge on any atom is 0.254 e. The molecule has 4 rings (SSSR count). The molecule has 166 valence electrons. The third-order valence-corrected chi connectivity index (χ3v) is 6.86. The first-order valence-electron chi connectivity index (χ1n) is 10.4. The fraction of sp³-hybridized carbons (Fsp3) is 0.280. The van der Waals surface area contributed by atoms with E-state index in [-0.39, 0.29) is 11.8 Å². The van der Waals surface area contributed by atoms with Crippen LogP contribution in [0.4, 0.5) is 5.69 Å². The number of nitrogens with zero attached hydrogens (tertiary/aromatic N) is 1. The Morgan fingerprint density at radius 1 is 1.09 bits per heavy atom. The molecule has 0 aliphatic carbocycles. The van der Waals surface area contributed by atoms with Crippen molar-refractivity contribution < 1.29 is 19.1 Å². The zero-order valence-corrected chi connectivity index (χ0v) is 19.4. The van der Waals surface area contributed by atoms with Gasteiger partial charge in [0.2, 0.25) is 5.91 Å². The molecule has 0 spiro atoms. The molecule has 0 fully saturated rings. The van der Waals surface area contributed by atoms with Crippen LogP contribution < -0.4 is 14.8 Å². The first-order valence-corrected chi connectivity index (χ1v) is 11.3. The van der Waals surface area contributed by atoms with E-state index in [1.54, 1.807) is 31.2 Å². The highest BCUT2D eigenvalue weighted by atomic mass is 32.1. The summed E-state index contributed by atoms with van der Waals surface area (Å²) >= 11 is 1.53. The summed E-state index contributed by atoms with van der Waals surface area (Å²) in [5, 5.41) is 5.01. The molecule has 0 unspecified atom stereocenters. The van der Waals surface area contributed by atoms with Crippen LogP contribution in [-0.4, -0.2) is 38.0 Å². The van der Waals surface area contributed by atoms with E-state index in [2.05, 4.69) is 12.2 Å². The van der Waals surface area contributed by atoms with Crippen molar-refractivity contribution in [2.45, 2.75) is 25.3 Å². The maximum atomic E-state index is 13.7. The van der Waals surface area contributed by atoms with Crippen LogP contribution in [0.2, 0.25) is 0 Å². The number of likely N-dealkylation sites (N-methyl/N-ethyl adjacent to an activating group) is 1. The van der Waals surface area contributed by atoms with E-state index in [1.165, 1.54) is 24.0 Å². The summed E-state index contributed by atoms with van der Waals surface area (Å²) in [5.41, 5.74) is 3.00. The number of fused-ring (bicyclic) bond motifs is 1. The van der Waals surface area contributed by atoms with Gasteiger partial charge in [-0.15, -0.1) is 11.3 Å². The van der Waals surface area contributed by atoms with Crippen molar-refractivity contribution in [1.29, 1.82) is 0 Å². The number of aryl methyl sites for hydroxylation is 1. The molecule has 2 aromatic carbocycles. The van der Waals surface area contributed by atoms with Crippen molar-refractivity contribution in [2.75, 3.05) is 26.6 Å². The molecule has 7 heteroatoms. The predicted octanol–water partition coefficient (Wildman–Crippen LogP) is 4.88. The molecule has 1 aromatic heterocycles. The Kier molecular flexibility index (Phi) is 6.19. The average molecular weight is 451 g/mol. The van der Waals surface area contributed by atoms with Gasteiger partial charge in [-0.3, -0.25) is 9.59 Å². The second kappa shape index (κ2) is 9.04. The van der Waals surface area contributed by atoms with E-state index in [1.807, 2.05) is 41.8 Å². The topological polar surface area (TPSA) is 67.9 Å². The first kappa shape index (κ1) is 21.9. The lowest BCUT2D eigenvalue weighted by molar-refractivity contribution is -0.119. The SMILES string of the molecule is CCc1ccc(NC(=O)[C@H]2c3cc(OC)c(OC)cc3C(=O)N(C)[C@H]2c2cccs2)cc1. The fourth-order valence-corrected chi connectivity index (χ4v) is 5.10. The Morgan fingerprint density at radius 3 is 2.38 bits per heavy atom. The number of hydrogen-bond donors (Lipinski definition) is 1. The molecule has 1 aliphatic heterocycles. The van der Waals surface area contributed by atoms with Gasteiger partial charge in [0.05, 0.1) is 26.2 Å². The lowest BCUT2D eigenvalue weighted by Crippen LogP contribution is -2.43. The molecule has 1 N–H and O–H groups in total. The van der Waals surface area contributed by atoms with Crippen LogP contribution in [-0.2, 0) is 11.2 Å². The minimum absolute atomic E-state index is 0.157. The van der Waals surface area contributed by atoms with E-state index in [0.29, 0.717) is 22.6 Å². The van der Waals surface area contributed by atoms with Crippen molar-refractivity contribution >= 4 is 28.8 Å². The smallest absolute Gasteiger partial charge is 0.254 e. The van der Waals surface area contributed by atoms with E-state index < -0.39 is 12.0 Å². The molecule has 2 atom stereocenters. The largest absolute Gasteiger partial charge is 0.493 e. The van der Waals surface area contributed by atoms with Gasteiger partial charge in [0.15, 0.2) is 11.5 Å². The number of carbonyl (C=O) groups is 2. The molecule has 6 nitrogen and oxygen atoms in total. The maximum absolute atomic E-state index is 13.7.